The van der Waals surface area contributed by atoms with Gasteiger partial charge in [-0.05, 0) is 101 Å². The third kappa shape index (κ3) is 9.68. The first kappa shape index (κ1) is 26.4. The zero-order valence-corrected chi connectivity index (χ0v) is 20.6. The van der Waals surface area contributed by atoms with E-state index in [4.69, 9.17) is 4.74 Å². The van der Waals surface area contributed by atoms with Crippen molar-refractivity contribution in [1.29, 1.82) is 0 Å². The summed E-state index contributed by atoms with van der Waals surface area (Å²) in [6.07, 6.45) is 21.2. The number of carbonyl (C=O) groups is 1. The van der Waals surface area contributed by atoms with Crippen LogP contribution in [-0.2, 0) is 9.53 Å². The second-order valence-electron chi connectivity index (χ2n) is 10.6. The summed E-state index contributed by atoms with van der Waals surface area (Å²) in [5.74, 6) is 4.16. The van der Waals surface area contributed by atoms with Crippen molar-refractivity contribution in [3.8, 4) is 0 Å². The van der Waals surface area contributed by atoms with Gasteiger partial charge in [-0.2, -0.15) is 0 Å². The highest BCUT2D eigenvalue weighted by Gasteiger charge is 2.33. The fourth-order valence-electron chi connectivity index (χ4n) is 6.32. The van der Waals surface area contributed by atoms with Crippen molar-refractivity contribution in [2.45, 2.75) is 117 Å². The minimum atomic E-state index is -0.271. The van der Waals surface area contributed by atoms with Crippen molar-refractivity contribution in [3.05, 3.63) is 12.2 Å². The van der Waals surface area contributed by atoms with E-state index >= 15 is 0 Å². The van der Waals surface area contributed by atoms with E-state index in [1.54, 1.807) is 6.92 Å². The molecule has 0 bridgehead atoms. The number of rotatable bonds is 14. The van der Waals surface area contributed by atoms with E-state index in [-0.39, 0.29) is 12.6 Å². The van der Waals surface area contributed by atoms with Gasteiger partial charge >= 0.3 is 5.97 Å². The molecule has 2 rings (SSSR count). The van der Waals surface area contributed by atoms with Gasteiger partial charge in [0.1, 0.15) is 0 Å². The van der Waals surface area contributed by atoms with Crippen LogP contribution in [0.5, 0.6) is 0 Å². The predicted octanol–water partition coefficient (Wildman–Crippen LogP) is 7.47. The van der Waals surface area contributed by atoms with E-state index in [0.29, 0.717) is 18.1 Å². The van der Waals surface area contributed by atoms with Crippen LogP contribution in [0.3, 0.4) is 0 Å². The number of hydrogen-bond donors (Lipinski definition) is 1. The highest BCUT2D eigenvalue weighted by molar-refractivity contribution is 5.86. The van der Waals surface area contributed by atoms with Crippen LogP contribution in [0.25, 0.3) is 0 Å². The Kier molecular flexibility index (Phi) is 12.9. The normalized spacial score (nSPS) is 27.6. The molecule has 0 aromatic heterocycles. The Morgan fingerprint density at radius 3 is 2.13 bits per heavy atom. The van der Waals surface area contributed by atoms with Crippen molar-refractivity contribution < 1.29 is 14.6 Å². The van der Waals surface area contributed by atoms with Crippen molar-refractivity contribution in [3.63, 3.8) is 0 Å². The maximum absolute atomic E-state index is 11.6. The van der Waals surface area contributed by atoms with E-state index in [1.807, 2.05) is 0 Å². The van der Waals surface area contributed by atoms with Crippen LogP contribution in [-0.4, -0.2) is 24.3 Å². The van der Waals surface area contributed by atoms with Crippen molar-refractivity contribution in [2.24, 2.45) is 29.6 Å². The largest absolute Gasteiger partial charge is 0.462 e. The number of carbonyl (C=O) groups excluding carboxylic acids is 1. The summed E-state index contributed by atoms with van der Waals surface area (Å²) in [6, 6.07) is 0. The molecule has 1 atom stereocenters. The molecule has 3 heteroatoms. The maximum Gasteiger partial charge on any atom is 0.333 e. The summed E-state index contributed by atoms with van der Waals surface area (Å²) in [7, 11) is 0. The standard InChI is InChI=1S/C28H50O3/c1-4-5-6-9-23-12-14-25(15-13-23)27-18-16-26(17-19-27)24(10-7-20-29)11-8-21-31-28(30)22(2)3/h23-27,29H,2,4-21H2,1,3H3. The minimum Gasteiger partial charge on any atom is -0.462 e. The number of ether oxygens (including phenoxy) is 1. The molecule has 0 saturated heterocycles. The van der Waals surface area contributed by atoms with Crippen molar-refractivity contribution in [2.75, 3.05) is 13.2 Å². The quantitative estimate of drug-likeness (QED) is 0.175. The second kappa shape index (κ2) is 15.1. The van der Waals surface area contributed by atoms with Crippen LogP contribution < -0.4 is 0 Å². The highest BCUT2D eigenvalue weighted by atomic mass is 16.5. The number of aliphatic hydroxyl groups excluding tert-OH is 1. The van der Waals surface area contributed by atoms with Crippen LogP contribution in [0.2, 0.25) is 0 Å². The van der Waals surface area contributed by atoms with Crippen molar-refractivity contribution in [1.82, 2.24) is 0 Å². The lowest BCUT2D eigenvalue weighted by Gasteiger charge is -2.40. The van der Waals surface area contributed by atoms with E-state index in [2.05, 4.69) is 13.5 Å². The summed E-state index contributed by atoms with van der Waals surface area (Å²) >= 11 is 0. The van der Waals surface area contributed by atoms with E-state index in [0.717, 1.165) is 49.4 Å². The van der Waals surface area contributed by atoms with Gasteiger partial charge in [0.2, 0.25) is 0 Å². The number of aliphatic hydroxyl groups is 1. The average Bonchev–Trinajstić information content (AvgIpc) is 2.79. The molecule has 180 valence electrons. The molecule has 0 radical (unpaired) electrons. The number of esters is 1. The SMILES string of the molecule is C=C(C)C(=O)OCCCC(CCCO)C1CCC(C2CCC(CCCCC)CC2)CC1. The minimum absolute atomic E-state index is 0.271. The molecule has 0 spiro atoms. The first-order chi connectivity index (χ1) is 15.0. The van der Waals surface area contributed by atoms with Gasteiger partial charge in [0, 0.05) is 12.2 Å². The van der Waals surface area contributed by atoms with E-state index in [1.165, 1.54) is 77.0 Å². The fourth-order valence-corrected chi connectivity index (χ4v) is 6.32. The van der Waals surface area contributed by atoms with Crippen LogP contribution in [0.15, 0.2) is 12.2 Å². The smallest absolute Gasteiger partial charge is 0.333 e. The molecular formula is C28H50O3. The average molecular weight is 435 g/mol. The lowest BCUT2D eigenvalue weighted by molar-refractivity contribution is -0.139. The number of unbranched alkanes of at least 4 members (excludes halogenated alkanes) is 2. The molecule has 0 amide bonds. The molecule has 1 unspecified atom stereocenters. The lowest BCUT2D eigenvalue weighted by Crippen LogP contribution is -2.28. The summed E-state index contributed by atoms with van der Waals surface area (Å²) in [4.78, 5) is 11.6. The molecule has 0 heterocycles. The third-order valence-electron chi connectivity index (χ3n) is 8.29. The van der Waals surface area contributed by atoms with Gasteiger partial charge in [-0.25, -0.2) is 4.79 Å². The predicted molar refractivity (Wildman–Crippen MR) is 130 cm³/mol. The fraction of sp³-hybridized carbons (Fsp3) is 0.893. The molecule has 0 aromatic carbocycles. The molecule has 31 heavy (non-hydrogen) atoms. The molecule has 0 aromatic rings. The molecule has 1 N–H and O–H groups in total. The molecule has 2 fully saturated rings. The highest BCUT2D eigenvalue weighted by Crippen LogP contribution is 2.44. The van der Waals surface area contributed by atoms with Crippen LogP contribution in [0, 0.1) is 29.6 Å². The number of hydrogen-bond acceptors (Lipinski definition) is 3. The third-order valence-corrected chi connectivity index (χ3v) is 8.29. The zero-order chi connectivity index (χ0) is 22.5. The summed E-state index contributed by atoms with van der Waals surface area (Å²) in [5, 5.41) is 9.34. The Morgan fingerprint density at radius 1 is 0.935 bits per heavy atom. The van der Waals surface area contributed by atoms with Gasteiger partial charge in [-0.1, -0.05) is 52.0 Å². The molecule has 0 aliphatic heterocycles. The van der Waals surface area contributed by atoms with Crippen LogP contribution in [0.4, 0.5) is 0 Å². The second-order valence-corrected chi connectivity index (χ2v) is 10.6. The molecule has 2 saturated carbocycles. The van der Waals surface area contributed by atoms with Gasteiger partial charge in [-0.15, -0.1) is 0 Å². The molecule has 3 nitrogen and oxygen atoms in total. The van der Waals surface area contributed by atoms with Gasteiger partial charge in [-0.3, -0.25) is 0 Å². The zero-order valence-electron chi connectivity index (χ0n) is 20.6. The lowest BCUT2D eigenvalue weighted by atomic mass is 9.66. The summed E-state index contributed by atoms with van der Waals surface area (Å²) in [6.45, 7) is 8.44. The molecule has 2 aliphatic carbocycles. The van der Waals surface area contributed by atoms with Crippen LogP contribution >= 0.6 is 0 Å². The molecular weight excluding hydrogens is 384 g/mol. The Hall–Kier alpha value is -0.830. The maximum atomic E-state index is 11.6. The Labute approximate surface area is 192 Å². The monoisotopic (exact) mass is 434 g/mol. The van der Waals surface area contributed by atoms with Crippen molar-refractivity contribution >= 4 is 5.97 Å². The van der Waals surface area contributed by atoms with Gasteiger partial charge < -0.3 is 9.84 Å². The topological polar surface area (TPSA) is 46.5 Å². The first-order valence-corrected chi connectivity index (χ1v) is 13.5. The van der Waals surface area contributed by atoms with Gasteiger partial charge in [0.15, 0.2) is 0 Å². The summed E-state index contributed by atoms with van der Waals surface area (Å²) in [5.41, 5.74) is 0.477. The first-order valence-electron chi connectivity index (χ1n) is 13.5. The van der Waals surface area contributed by atoms with E-state index in [9.17, 15) is 9.90 Å². The van der Waals surface area contributed by atoms with E-state index < -0.39 is 0 Å². The Balaban J connectivity index is 1.70. The Morgan fingerprint density at radius 2 is 1.55 bits per heavy atom. The summed E-state index contributed by atoms with van der Waals surface area (Å²) < 4.78 is 5.29. The van der Waals surface area contributed by atoms with Gasteiger partial charge in [0.05, 0.1) is 6.61 Å². The van der Waals surface area contributed by atoms with Gasteiger partial charge in [0.25, 0.3) is 0 Å². The van der Waals surface area contributed by atoms with Crippen LogP contribution in [0.1, 0.15) is 117 Å². The molecule has 2 aliphatic rings. The Bertz CT molecular complexity index is 498.